The number of sulfone groups is 1. The Labute approximate surface area is 188 Å². The van der Waals surface area contributed by atoms with Gasteiger partial charge in [-0.15, -0.1) is 0 Å². The minimum atomic E-state index is -3.95. The predicted molar refractivity (Wildman–Crippen MR) is 122 cm³/mol. The summed E-state index contributed by atoms with van der Waals surface area (Å²) in [5, 5.41) is 3.24. The van der Waals surface area contributed by atoms with Crippen molar-refractivity contribution in [1.82, 2.24) is 4.90 Å². The van der Waals surface area contributed by atoms with Gasteiger partial charge < -0.3 is 10.2 Å². The van der Waals surface area contributed by atoms with Crippen molar-refractivity contribution in [3.8, 4) is 0 Å². The van der Waals surface area contributed by atoms with Crippen LogP contribution in [-0.4, -0.2) is 43.5 Å². The van der Waals surface area contributed by atoms with E-state index in [4.69, 9.17) is 11.6 Å². The number of benzene rings is 2. The van der Waals surface area contributed by atoms with E-state index in [0.717, 1.165) is 11.1 Å². The van der Waals surface area contributed by atoms with Gasteiger partial charge in [0.05, 0.1) is 11.4 Å². The van der Waals surface area contributed by atoms with Crippen molar-refractivity contribution in [3.63, 3.8) is 0 Å². The lowest BCUT2D eigenvalue weighted by Gasteiger charge is -2.32. The first-order chi connectivity index (χ1) is 14.6. The van der Waals surface area contributed by atoms with Crippen LogP contribution in [0, 0.1) is 13.8 Å². The van der Waals surface area contributed by atoms with Crippen LogP contribution in [0.5, 0.6) is 0 Å². The number of carbonyl (C=O) groups is 2. The molecule has 0 aromatic heterocycles. The third-order valence-corrected chi connectivity index (χ3v) is 8.80. The molecular weight excluding hydrogens is 436 g/mol. The molecule has 1 aliphatic rings. The number of hydrogen-bond acceptors (Lipinski definition) is 4. The van der Waals surface area contributed by atoms with Crippen molar-refractivity contribution >= 4 is 38.9 Å². The van der Waals surface area contributed by atoms with Gasteiger partial charge in [-0.05, 0) is 68.1 Å². The number of amides is 2. The third kappa shape index (κ3) is 4.48. The minimum Gasteiger partial charge on any atom is -0.335 e. The van der Waals surface area contributed by atoms with Gasteiger partial charge in [0.15, 0.2) is 14.6 Å². The molecule has 0 heterocycles. The van der Waals surface area contributed by atoms with Gasteiger partial charge in [-0.2, -0.15) is 0 Å². The molecule has 31 heavy (non-hydrogen) atoms. The number of halogens is 1. The highest BCUT2D eigenvalue weighted by Gasteiger charge is 2.54. The number of hydrogen-bond donors (Lipinski definition) is 1. The van der Waals surface area contributed by atoms with Crippen molar-refractivity contribution in [2.24, 2.45) is 0 Å². The molecule has 166 valence electrons. The van der Waals surface area contributed by atoms with Crippen molar-refractivity contribution in [1.29, 1.82) is 0 Å². The highest BCUT2D eigenvalue weighted by Crippen LogP contribution is 2.42. The van der Waals surface area contributed by atoms with E-state index >= 15 is 0 Å². The van der Waals surface area contributed by atoms with Crippen LogP contribution in [0.15, 0.2) is 47.4 Å². The van der Waals surface area contributed by atoms with E-state index in [2.05, 4.69) is 5.32 Å². The van der Waals surface area contributed by atoms with E-state index in [-0.39, 0.29) is 30.2 Å². The van der Waals surface area contributed by atoms with E-state index in [1.54, 1.807) is 6.07 Å². The van der Waals surface area contributed by atoms with Crippen LogP contribution < -0.4 is 5.32 Å². The Morgan fingerprint density at radius 2 is 1.68 bits per heavy atom. The summed E-state index contributed by atoms with van der Waals surface area (Å²) in [5.74, 6) is -0.919. The molecular formula is C23H27ClN2O4S. The molecule has 2 amide bonds. The summed E-state index contributed by atoms with van der Waals surface area (Å²) in [7, 11) is -2.48. The second kappa shape index (κ2) is 9.01. The van der Waals surface area contributed by atoms with Gasteiger partial charge in [-0.3, -0.25) is 9.59 Å². The standard InChI is InChI=1S/C23H27ClN2O4S/c1-16-7-6-8-20(17(16)2)25-21(27)15-26(3)22(28)23(13-4-5-14-23)31(29,30)19-11-9-18(24)10-12-19/h6-12H,4-5,13-15H2,1-3H3,(H,25,27). The monoisotopic (exact) mass is 462 g/mol. The zero-order valence-electron chi connectivity index (χ0n) is 17.9. The fourth-order valence-corrected chi connectivity index (χ4v) is 6.38. The molecule has 0 aliphatic heterocycles. The maximum atomic E-state index is 13.5. The van der Waals surface area contributed by atoms with E-state index in [1.807, 2.05) is 26.0 Å². The quantitative estimate of drug-likeness (QED) is 0.699. The molecule has 3 rings (SSSR count). The molecule has 1 aliphatic carbocycles. The largest absolute Gasteiger partial charge is 0.335 e. The summed E-state index contributed by atoms with van der Waals surface area (Å²) in [6.07, 6.45) is 1.75. The van der Waals surface area contributed by atoms with Crippen LogP contribution >= 0.6 is 11.6 Å². The fourth-order valence-electron chi connectivity index (χ4n) is 4.09. The highest BCUT2D eigenvalue weighted by molar-refractivity contribution is 7.93. The average molecular weight is 463 g/mol. The fraction of sp³-hybridized carbons (Fsp3) is 0.391. The number of nitrogens with zero attached hydrogens (tertiary/aromatic N) is 1. The molecule has 0 atom stereocenters. The van der Waals surface area contributed by atoms with Gasteiger partial charge in [-0.25, -0.2) is 8.42 Å². The Kier molecular flexibility index (Phi) is 6.76. The zero-order chi connectivity index (χ0) is 22.8. The van der Waals surface area contributed by atoms with E-state index in [9.17, 15) is 18.0 Å². The number of carbonyl (C=O) groups excluding carboxylic acids is 2. The van der Waals surface area contributed by atoms with Gasteiger partial charge >= 0.3 is 0 Å². The van der Waals surface area contributed by atoms with Crippen molar-refractivity contribution in [2.45, 2.75) is 49.2 Å². The summed E-state index contributed by atoms with van der Waals surface area (Å²) in [6, 6.07) is 11.5. The van der Waals surface area contributed by atoms with Crippen molar-refractivity contribution in [2.75, 3.05) is 18.9 Å². The molecule has 0 bridgehead atoms. The lowest BCUT2D eigenvalue weighted by Crippen LogP contribution is -2.52. The summed E-state index contributed by atoms with van der Waals surface area (Å²) in [5.41, 5.74) is 2.67. The predicted octanol–water partition coefficient (Wildman–Crippen LogP) is 4.14. The van der Waals surface area contributed by atoms with Gasteiger partial charge in [0, 0.05) is 17.8 Å². The van der Waals surface area contributed by atoms with E-state index in [1.165, 1.54) is 36.2 Å². The minimum absolute atomic E-state index is 0.0698. The molecule has 1 saturated carbocycles. The summed E-state index contributed by atoms with van der Waals surface area (Å²) >= 11 is 5.90. The molecule has 0 radical (unpaired) electrons. The lowest BCUT2D eigenvalue weighted by molar-refractivity contribution is -0.135. The molecule has 1 N–H and O–H groups in total. The Morgan fingerprint density at radius 1 is 1.06 bits per heavy atom. The second-order valence-corrected chi connectivity index (χ2v) is 10.8. The van der Waals surface area contributed by atoms with Crippen LogP contribution in [0.4, 0.5) is 5.69 Å². The molecule has 2 aromatic carbocycles. The first-order valence-electron chi connectivity index (χ1n) is 10.2. The Bertz CT molecular complexity index is 1090. The highest BCUT2D eigenvalue weighted by atomic mass is 35.5. The molecule has 8 heteroatoms. The second-order valence-electron chi connectivity index (χ2n) is 8.12. The molecule has 0 spiro atoms. The number of nitrogens with one attached hydrogen (secondary N) is 1. The number of anilines is 1. The summed E-state index contributed by atoms with van der Waals surface area (Å²) < 4.78 is 25.4. The van der Waals surface area contributed by atoms with E-state index < -0.39 is 20.5 Å². The maximum absolute atomic E-state index is 13.5. The summed E-state index contributed by atoms with van der Waals surface area (Å²) in [4.78, 5) is 27.3. The number of rotatable bonds is 6. The van der Waals surface area contributed by atoms with Crippen molar-refractivity contribution < 1.29 is 18.0 Å². The third-order valence-electron chi connectivity index (χ3n) is 6.05. The van der Waals surface area contributed by atoms with Crippen LogP contribution in [0.1, 0.15) is 36.8 Å². The lowest BCUT2D eigenvalue weighted by atomic mass is 10.1. The molecule has 6 nitrogen and oxygen atoms in total. The van der Waals surface area contributed by atoms with Gasteiger partial charge in [0.25, 0.3) is 0 Å². The molecule has 0 unspecified atom stereocenters. The van der Waals surface area contributed by atoms with Gasteiger partial charge in [0.2, 0.25) is 11.8 Å². The van der Waals surface area contributed by atoms with Gasteiger partial charge in [0.1, 0.15) is 0 Å². The van der Waals surface area contributed by atoms with Gasteiger partial charge in [-0.1, -0.05) is 36.6 Å². The normalized spacial score (nSPS) is 15.5. The summed E-state index contributed by atoms with van der Waals surface area (Å²) in [6.45, 7) is 3.63. The first-order valence-corrected chi connectivity index (χ1v) is 12.1. The first kappa shape index (κ1) is 23.3. The molecule has 2 aromatic rings. The van der Waals surface area contributed by atoms with Crippen LogP contribution in [0.2, 0.25) is 5.02 Å². The molecule has 1 fully saturated rings. The Hall–Kier alpha value is -2.38. The zero-order valence-corrected chi connectivity index (χ0v) is 19.5. The smallest absolute Gasteiger partial charge is 0.244 e. The topological polar surface area (TPSA) is 83.6 Å². The van der Waals surface area contributed by atoms with Crippen LogP contribution in [-0.2, 0) is 19.4 Å². The van der Waals surface area contributed by atoms with Crippen LogP contribution in [0.3, 0.4) is 0 Å². The van der Waals surface area contributed by atoms with Crippen LogP contribution in [0.25, 0.3) is 0 Å². The van der Waals surface area contributed by atoms with E-state index in [0.29, 0.717) is 23.6 Å². The number of likely N-dealkylation sites (N-methyl/N-ethyl adjacent to an activating group) is 1. The maximum Gasteiger partial charge on any atom is 0.244 e. The SMILES string of the molecule is Cc1cccc(NC(=O)CN(C)C(=O)C2(S(=O)(=O)c3ccc(Cl)cc3)CCCC2)c1C. The Balaban J connectivity index is 1.82. The average Bonchev–Trinajstić information content (AvgIpc) is 3.23. The Morgan fingerprint density at radius 3 is 2.29 bits per heavy atom. The van der Waals surface area contributed by atoms with Crippen molar-refractivity contribution in [3.05, 3.63) is 58.6 Å². The number of aryl methyl sites for hydroxylation is 1. The molecule has 0 saturated heterocycles.